The first-order valence-electron chi connectivity index (χ1n) is 53.8. The van der Waals surface area contributed by atoms with Gasteiger partial charge in [0.25, 0.3) is 0 Å². The Hall–Kier alpha value is -15.6. The fourth-order valence-corrected chi connectivity index (χ4v) is 17.8. The van der Waals surface area contributed by atoms with Gasteiger partial charge in [0.15, 0.2) is 22.8 Å². The van der Waals surface area contributed by atoms with E-state index >= 15 is 0 Å². The van der Waals surface area contributed by atoms with Crippen LogP contribution in [0.15, 0.2) is 284 Å². The quantitative estimate of drug-likeness (QED) is 0.0850. The van der Waals surface area contributed by atoms with Crippen molar-refractivity contribution in [2.75, 3.05) is 0 Å². The van der Waals surface area contributed by atoms with Crippen LogP contribution in [0.2, 0.25) is 0 Å². The predicted octanol–water partition coefficient (Wildman–Crippen LogP) is 32.2. The second kappa shape index (κ2) is 36.7. The van der Waals surface area contributed by atoms with Crippen molar-refractivity contribution in [2.24, 2.45) is 34.1 Å². The summed E-state index contributed by atoms with van der Waals surface area (Å²) < 4.78 is 202. The van der Waals surface area contributed by atoms with E-state index in [0.29, 0.717) is 118 Å². The summed E-state index contributed by atoms with van der Waals surface area (Å²) in [5.41, 5.74) is 23.4. The van der Waals surface area contributed by atoms with Gasteiger partial charge in [0.1, 0.15) is 72.9 Å². The summed E-state index contributed by atoms with van der Waals surface area (Å²) in [6.45, 7) is 45.2. The summed E-state index contributed by atoms with van der Waals surface area (Å²) in [7, 11) is 7.17. The molecule has 12 nitrogen and oxygen atoms in total. The van der Waals surface area contributed by atoms with Crippen LogP contribution in [0.25, 0.3) is 197 Å². The predicted molar refractivity (Wildman–Crippen MR) is 547 cm³/mol. The van der Waals surface area contributed by atoms with Crippen molar-refractivity contribution in [1.82, 2.24) is 0 Å². The number of fused-ring (bicyclic) bond motifs is 12. The maximum atomic E-state index is 9.20. The van der Waals surface area contributed by atoms with Crippen LogP contribution < -0.4 is 18.3 Å². The van der Waals surface area contributed by atoms with Crippen LogP contribution in [-0.4, -0.2) is 0 Å². The van der Waals surface area contributed by atoms with E-state index in [9.17, 15) is 1.37 Å². The molecule has 8 aromatic heterocycles. The third-order valence-corrected chi connectivity index (χ3v) is 24.9. The molecule has 0 amide bonds. The van der Waals surface area contributed by atoms with Gasteiger partial charge in [-0.1, -0.05) is 255 Å². The number of hydrogen-bond acceptors (Lipinski definition) is 4. The Balaban J connectivity index is 0.000000138. The lowest BCUT2D eigenvalue weighted by molar-refractivity contribution is -0.666. The molecule has 0 aliphatic carbocycles. The van der Waals surface area contributed by atoms with E-state index in [1.807, 2.05) is 256 Å². The third-order valence-electron chi connectivity index (χ3n) is 24.9. The molecule has 20 aromatic rings. The van der Waals surface area contributed by atoms with Gasteiger partial charge in [0, 0.05) is 138 Å². The molecule has 0 saturated carbocycles. The van der Waals surface area contributed by atoms with Crippen molar-refractivity contribution >= 4 is 111 Å². The molecular weight excluding hydrogens is 1630 g/mol. The Labute approximate surface area is 808 Å². The Morgan fingerprint density at radius 3 is 1.21 bits per heavy atom. The molecule has 12 aromatic carbocycles. The number of rotatable bonds is 13. The highest BCUT2D eigenvalue weighted by Gasteiger charge is 2.32. The van der Waals surface area contributed by atoms with Crippen molar-refractivity contribution < 1.29 is 63.4 Å². The maximum absolute atomic E-state index is 9.20. The first kappa shape index (κ1) is 67.6. The standard InChI is InChI=1S/C31H29N2O.3C30H27N2O/c1-19(2)16-22-17-21(4)33(6)27(18-22)28-20(3)12-13-25-26-15-14-24(23-10-8-7-9-11-23)29(32-5)31(26)34-30(25)28;1-18(2)22-16-20(4)32(6)26(17-22)27-19(3)15-24(21-11-8-7-9-12-21)28-23-13-10-14-25(31-5)29(23)33-30(27)28;1-18(2)22-14-20(4)32(6)27(17-22)28-19(3)12-13-24-25-15-23(21-10-8-7-9-11-21)16-26(31-5)29(25)33-30(24)28;1-18(2)22-16-20(4)32(6)26(17-22)27-19(3)12-13-24-28-23(21-10-8-7-9-11-21)14-15-25(31-5)30(28)33-29(24)27/h7-15,17-19H,16H2,1-4,6H3;3*7-18H,1-4,6H3/q4*+1/i16D2;1D3,16D,17D,18D;1D3,14D,17D,18D;1D3,16D,17D,18D. The monoisotopic (exact) mass is 1760 g/mol. The lowest BCUT2D eigenvalue weighted by Gasteiger charge is -2.13. The Kier molecular flexibility index (Phi) is 18.7. The number of hydrogen-bond donors (Lipinski definition) is 0. The Morgan fingerprint density at radius 1 is 0.316 bits per heavy atom. The normalized spacial score (nSPS) is 15.3. The SMILES string of the molecule is [2H]C([2H])(c1cc(C)[n+](C)c(-c2c(C)ccc3c2oc2c([N+]#[C-])c(-c4ccccc4)ccc23)c1)C(C)C.[2H]c1c(C([2H])(C)C([2H])([2H])[2H])c([2H])c(-c2c(C)cc(-c3ccccc3)c3c2oc2c([N+]#[C-])cccc23)[n+](C)c1C.[2H]c1c(C([2H])(C)C([2H])([2H])[2H])c([2H])c(-c2c(C)ccc3c2oc2c([N+]#[C-])cc(-c4ccccc4)cc23)[n+](C)c1C.[2H]c1c(C([2H])(C)C([2H])([2H])[2H])c([2H])c(-c2c(C)ccc3c2oc2c([N+]#[C-])ccc(-c4ccccc4)c23)[n+](C)c1C. The zero-order valence-electron chi connectivity index (χ0n) is 97.2. The van der Waals surface area contributed by atoms with Crippen molar-refractivity contribution in [2.45, 2.75) is 135 Å². The number of benzene rings is 12. The van der Waals surface area contributed by atoms with Crippen molar-refractivity contribution in [3.05, 3.63) is 380 Å². The van der Waals surface area contributed by atoms with Crippen LogP contribution in [-0.2, 0) is 34.6 Å². The second-order valence-electron chi connectivity index (χ2n) is 34.1. The average molecular weight is 1760 g/mol. The van der Waals surface area contributed by atoms with Gasteiger partial charge in [-0.05, 0) is 165 Å². The molecule has 3 unspecified atom stereocenters. The minimum Gasteiger partial charge on any atom is -0.466 e. The van der Waals surface area contributed by atoms with Gasteiger partial charge in [-0.15, -0.1) is 0 Å². The number of aromatic nitrogens is 4. The van der Waals surface area contributed by atoms with Crippen LogP contribution in [0.4, 0.5) is 22.7 Å². The number of pyridine rings is 4. The molecular formula is C121H110N8O4+4. The lowest BCUT2D eigenvalue weighted by Crippen LogP contribution is -2.35. The lowest BCUT2D eigenvalue weighted by atomic mass is 9.91. The fraction of sp³-hybridized carbons (Fsp3) is 0.207. The van der Waals surface area contributed by atoms with Crippen LogP contribution in [0.5, 0.6) is 0 Å². The molecule has 12 heteroatoms. The first-order chi connectivity index (χ1) is 72.0. The second-order valence-corrected chi connectivity index (χ2v) is 34.1. The molecule has 0 N–H and O–H groups in total. The van der Waals surface area contributed by atoms with Gasteiger partial charge < -0.3 is 17.7 Å². The molecule has 8 heterocycles. The van der Waals surface area contributed by atoms with Crippen molar-refractivity contribution in [3.63, 3.8) is 0 Å². The molecule has 3 atom stereocenters. The van der Waals surface area contributed by atoms with E-state index in [0.717, 1.165) is 132 Å². The van der Waals surface area contributed by atoms with Gasteiger partial charge in [-0.2, -0.15) is 18.3 Å². The molecule has 0 aliphatic rings. The zero-order chi connectivity index (χ0) is 111. The highest BCUT2D eigenvalue weighted by Crippen LogP contribution is 2.51. The smallest absolute Gasteiger partial charge is 0.237 e. The van der Waals surface area contributed by atoms with Gasteiger partial charge >= 0.3 is 0 Å². The van der Waals surface area contributed by atoms with E-state index in [1.54, 1.807) is 73.8 Å². The summed E-state index contributed by atoms with van der Waals surface area (Å²) in [6, 6.07) is 72.9. The van der Waals surface area contributed by atoms with E-state index < -0.39 is 44.6 Å². The van der Waals surface area contributed by atoms with Crippen molar-refractivity contribution in [3.8, 4) is 89.5 Å². The van der Waals surface area contributed by atoms with E-state index in [-0.39, 0.29) is 58.9 Å². The van der Waals surface area contributed by atoms with Crippen LogP contribution in [0.1, 0.15) is 168 Å². The first-order valence-corrected chi connectivity index (χ1v) is 43.8. The summed E-state index contributed by atoms with van der Waals surface area (Å²) in [6.07, 6.45) is -1.47. The molecule has 20 rings (SSSR count). The van der Waals surface area contributed by atoms with Crippen LogP contribution in [0, 0.1) is 87.6 Å². The topological polar surface area (TPSA) is 85.5 Å². The van der Waals surface area contributed by atoms with E-state index in [1.165, 1.54) is 20.8 Å². The van der Waals surface area contributed by atoms with E-state index in [2.05, 4.69) is 36.1 Å². The Morgan fingerprint density at radius 2 is 0.707 bits per heavy atom. The summed E-state index contributed by atoms with van der Waals surface area (Å²) in [5.74, 6) is -6.70. The van der Waals surface area contributed by atoms with Crippen LogP contribution >= 0.6 is 0 Å². The minimum absolute atomic E-state index is 0.142. The highest BCUT2D eigenvalue weighted by atomic mass is 16.3. The summed E-state index contributed by atoms with van der Waals surface area (Å²) in [4.78, 5) is 15.0. The molecule has 0 bridgehead atoms. The molecule has 0 saturated heterocycles. The molecule has 0 fully saturated rings. The average Bonchev–Trinajstić information content (AvgIpc) is 1.63. The van der Waals surface area contributed by atoms with Gasteiger partial charge in [-0.3, -0.25) is 0 Å². The summed E-state index contributed by atoms with van der Waals surface area (Å²) in [5, 5.41) is 6.45. The number of nitrogens with zero attached hydrogens (tertiary/aromatic N) is 8. The summed E-state index contributed by atoms with van der Waals surface area (Å²) >= 11 is 0. The molecule has 0 spiro atoms. The fourth-order valence-electron chi connectivity index (χ4n) is 17.8. The van der Waals surface area contributed by atoms with Gasteiger partial charge in [-0.25, -0.2) is 19.4 Å². The Bertz CT molecular complexity index is 9290. The molecule has 0 aliphatic heterocycles. The molecule has 654 valence electrons. The third kappa shape index (κ3) is 16.5. The zero-order valence-corrected chi connectivity index (χ0v) is 77.2. The highest BCUT2D eigenvalue weighted by molar-refractivity contribution is 6.21. The number of para-hydroxylation sites is 1. The van der Waals surface area contributed by atoms with E-state index in [4.69, 9.17) is 70.0 Å². The minimum atomic E-state index is -2.76. The number of furan rings is 4. The van der Waals surface area contributed by atoms with Gasteiger partial charge in [0.2, 0.25) is 45.5 Å². The largest absolute Gasteiger partial charge is 0.466 e. The number of aryl methyl sites for hydroxylation is 5. The van der Waals surface area contributed by atoms with Crippen molar-refractivity contribution in [1.29, 1.82) is 0 Å². The maximum Gasteiger partial charge on any atom is 0.237 e. The van der Waals surface area contributed by atoms with Crippen LogP contribution in [0.3, 0.4) is 0 Å². The van der Waals surface area contributed by atoms with Gasteiger partial charge in [0.05, 0.1) is 56.8 Å². The molecule has 133 heavy (non-hydrogen) atoms. The molecule has 0 radical (unpaired) electrons.